The van der Waals surface area contributed by atoms with Gasteiger partial charge in [-0.05, 0) is 25.3 Å². The van der Waals surface area contributed by atoms with Gasteiger partial charge in [0.25, 0.3) is 0 Å². The van der Waals surface area contributed by atoms with Crippen molar-refractivity contribution in [2.24, 2.45) is 0 Å². The molecule has 5 nitrogen and oxygen atoms in total. The van der Waals surface area contributed by atoms with Crippen molar-refractivity contribution in [1.82, 2.24) is 15.0 Å². The Morgan fingerprint density at radius 2 is 2.14 bits per heavy atom. The van der Waals surface area contributed by atoms with Crippen molar-refractivity contribution in [1.29, 1.82) is 0 Å². The topological polar surface area (TPSA) is 59.9 Å². The summed E-state index contributed by atoms with van der Waals surface area (Å²) in [6, 6.07) is 5.83. The highest BCUT2D eigenvalue weighted by Crippen LogP contribution is 2.39. The third-order valence-corrected chi connectivity index (χ3v) is 3.48. The van der Waals surface area contributed by atoms with Crippen LogP contribution in [0.3, 0.4) is 0 Å². The summed E-state index contributed by atoms with van der Waals surface area (Å²) in [5.74, 6) is 2.99. The predicted molar refractivity (Wildman–Crippen MR) is 82.6 cm³/mol. The van der Waals surface area contributed by atoms with Crippen molar-refractivity contribution >= 4 is 5.82 Å². The molecule has 1 fully saturated rings. The van der Waals surface area contributed by atoms with Crippen LogP contribution in [-0.4, -0.2) is 28.6 Å². The first-order valence-electron chi connectivity index (χ1n) is 7.43. The van der Waals surface area contributed by atoms with E-state index < -0.39 is 0 Å². The number of pyridine rings is 1. The number of rotatable bonds is 6. The lowest BCUT2D eigenvalue weighted by Crippen LogP contribution is -2.05. The van der Waals surface area contributed by atoms with Gasteiger partial charge in [0.1, 0.15) is 11.6 Å². The van der Waals surface area contributed by atoms with E-state index in [2.05, 4.69) is 22.2 Å². The molecule has 110 valence electrons. The minimum atomic E-state index is 0.526. The molecule has 0 aromatic carbocycles. The number of nitrogens with zero attached hydrogens (tertiary/aromatic N) is 3. The summed E-state index contributed by atoms with van der Waals surface area (Å²) in [4.78, 5) is 13.6. The van der Waals surface area contributed by atoms with E-state index in [1.165, 1.54) is 12.8 Å². The average Bonchev–Trinajstić information content (AvgIpc) is 3.37. The summed E-state index contributed by atoms with van der Waals surface area (Å²) in [6.45, 7) is 3.06. The van der Waals surface area contributed by atoms with E-state index in [9.17, 15) is 0 Å². The Hall–Kier alpha value is -2.17. The highest BCUT2D eigenvalue weighted by molar-refractivity contribution is 5.62. The fourth-order valence-corrected chi connectivity index (χ4v) is 2.13. The fraction of sp³-hybridized carbons (Fsp3) is 0.438. The van der Waals surface area contributed by atoms with E-state index >= 15 is 0 Å². The molecule has 2 aromatic heterocycles. The van der Waals surface area contributed by atoms with Gasteiger partial charge in [-0.3, -0.25) is 0 Å². The van der Waals surface area contributed by atoms with Crippen molar-refractivity contribution in [3.8, 4) is 17.1 Å². The fourth-order valence-electron chi connectivity index (χ4n) is 2.13. The number of ether oxygens (including phenoxy) is 1. The second-order valence-corrected chi connectivity index (χ2v) is 5.29. The SMILES string of the molecule is CCCNc1cc(-c2ccc(OC)nc2)nc(C2CC2)n1. The van der Waals surface area contributed by atoms with Crippen molar-refractivity contribution in [3.63, 3.8) is 0 Å². The van der Waals surface area contributed by atoms with Crippen molar-refractivity contribution in [2.45, 2.75) is 32.1 Å². The van der Waals surface area contributed by atoms with Crippen LogP contribution in [0.5, 0.6) is 5.88 Å². The lowest BCUT2D eigenvalue weighted by molar-refractivity contribution is 0.398. The molecule has 0 bridgehead atoms. The first-order chi connectivity index (χ1) is 10.3. The van der Waals surface area contributed by atoms with Gasteiger partial charge in [-0.25, -0.2) is 15.0 Å². The zero-order chi connectivity index (χ0) is 14.7. The van der Waals surface area contributed by atoms with Gasteiger partial charge in [0, 0.05) is 36.4 Å². The maximum absolute atomic E-state index is 5.10. The van der Waals surface area contributed by atoms with Gasteiger partial charge in [-0.15, -0.1) is 0 Å². The Kier molecular flexibility index (Phi) is 3.99. The summed E-state index contributed by atoms with van der Waals surface area (Å²) >= 11 is 0. The normalized spacial score (nSPS) is 14.0. The van der Waals surface area contributed by atoms with E-state index in [1.54, 1.807) is 13.3 Å². The number of hydrogen-bond donors (Lipinski definition) is 1. The molecule has 0 atom stereocenters. The minimum absolute atomic E-state index is 0.526. The first kappa shape index (κ1) is 13.8. The zero-order valence-corrected chi connectivity index (χ0v) is 12.5. The Labute approximate surface area is 124 Å². The van der Waals surface area contributed by atoms with Crippen LogP contribution in [0.1, 0.15) is 37.9 Å². The molecule has 0 aliphatic heterocycles. The van der Waals surface area contributed by atoms with E-state index in [1.807, 2.05) is 18.2 Å². The first-order valence-corrected chi connectivity index (χ1v) is 7.43. The number of aromatic nitrogens is 3. The molecule has 0 spiro atoms. The molecule has 1 saturated carbocycles. The molecule has 1 aliphatic rings. The van der Waals surface area contributed by atoms with Crippen LogP contribution in [0.15, 0.2) is 24.4 Å². The molecule has 0 saturated heterocycles. The van der Waals surface area contributed by atoms with E-state index in [0.717, 1.165) is 35.9 Å². The average molecular weight is 284 g/mol. The second-order valence-electron chi connectivity index (χ2n) is 5.29. The van der Waals surface area contributed by atoms with Crippen LogP contribution in [0.4, 0.5) is 5.82 Å². The van der Waals surface area contributed by atoms with Crippen LogP contribution in [0, 0.1) is 0 Å². The quantitative estimate of drug-likeness (QED) is 0.882. The Balaban J connectivity index is 1.93. The smallest absolute Gasteiger partial charge is 0.212 e. The number of nitrogens with one attached hydrogen (secondary N) is 1. The van der Waals surface area contributed by atoms with Gasteiger partial charge in [0.15, 0.2) is 0 Å². The lowest BCUT2D eigenvalue weighted by atomic mass is 10.2. The summed E-state index contributed by atoms with van der Waals surface area (Å²) in [5.41, 5.74) is 1.90. The number of anilines is 1. The van der Waals surface area contributed by atoms with E-state index in [4.69, 9.17) is 9.72 Å². The maximum atomic E-state index is 5.10. The van der Waals surface area contributed by atoms with Crippen LogP contribution in [0.25, 0.3) is 11.3 Å². The second kappa shape index (κ2) is 6.08. The van der Waals surface area contributed by atoms with Gasteiger partial charge < -0.3 is 10.1 Å². The number of methoxy groups -OCH3 is 1. The molecule has 0 amide bonds. The maximum Gasteiger partial charge on any atom is 0.212 e. The highest BCUT2D eigenvalue weighted by Gasteiger charge is 2.27. The Morgan fingerprint density at radius 1 is 1.29 bits per heavy atom. The summed E-state index contributed by atoms with van der Waals surface area (Å²) < 4.78 is 5.10. The third kappa shape index (κ3) is 3.29. The van der Waals surface area contributed by atoms with Crippen LogP contribution in [-0.2, 0) is 0 Å². The van der Waals surface area contributed by atoms with Gasteiger partial charge in [0.2, 0.25) is 5.88 Å². The van der Waals surface area contributed by atoms with Crippen LogP contribution >= 0.6 is 0 Å². The lowest BCUT2D eigenvalue weighted by Gasteiger charge is -2.09. The summed E-state index contributed by atoms with van der Waals surface area (Å²) in [5, 5.41) is 3.35. The molecule has 2 heterocycles. The van der Waals surface area contributed by atoms with Crippen LogP contribution < -0.4 is 10.1 Å². The van der Waals surface area contributed by atoms with E-state index in [0.29, 0.717) is 11.8 Å². The van der Waals surface area contributed by atoms with Crippen molar-refractivity contribution in [2.75, 3.05) is 19.0 Å². The van der Waals surface area contributed by atoms with E-state index in [-0.39, 0.29) is 0 Å². The molecule has 0 radical (unpaired) electrons. The molecule has 0 unspecified atom stereocenters. The van der Waals surface area contributed by atoms with Gasteiger partial charge in [-0.2, -0.15) is 0 Å². The Bertz CT molecular complexity index is 608. The minimum Gasteiger partial charge on any atom is -0.481 e. The molecule has 3 rings (SSSR count). The molecule has 2 aromatic rings. The molecular weight excluding hydrogens is 264 g/mol. The summed E-state index contributed by atoms with van der Waals surface area (Å²) in [6.07, 6.45) is 5.25. The third-order valence-electron chi connectivity index (χ3n) is 3.48. The molecular formula is C16H20N4O. The Morgan fingerprint density at radius 3 is 2.76 bits per heavy atom. The van der Waals surface area contributed by atoms with Gasteiger partial charge in [0.05, 0.1) is 12.8 Å². The van der Waals surface area contributed by atoms with Crippen molar-refractivity contribution < 1.29 is 4.74 Å². The molecule has 1 aliphatic carbocycles. The monoisotopic (exact) mass is 284 g/mol. The predicted octanol–water partition coefficient (Wildman–Crippen LogP) is 3.25. The highest BCUT2D eigenvalue weighted by atomic mass is 16.5. The van der Waals surface area contributed by atoms with Gasteiger partial charge in [-0.1, -0.05) is 6.92 Å². The summed E-state index contributed by atoms with van der Waals surface area (Å²) in [7, 11) is 1.62. The zero-order valence-electron chi connectivity index (χ0n) is 12.5. The number of hydrogen-bond acceptors (Lipinski definition) is 5. The molecule has 5 heteroatoms. The molecule has 1 N–H and O–H groups in total. The van der Waals surface area contributed by atoms with Crippen molar-refractivity contribution in [3.05, 3.63) is 30.2 Å². The standard InChI is InChI=1S/C16H20N4O/c1-3-8-17-14-9-13(19-16(20-14)11-4-5-11)12-6-7-15(21-2)18-10-12/h6-7,9-11H,3-5,8H2,1-2H3,(H,17,19,20). The van der Waals surface area contributed by atoms with Gasteiger partial charge >= 0.3 is 0 Å². The molecule has 21 heavy (non-hydrogen) atoms. The largest absolute Gasteiger partial charge is 0.481 e. The van der Waals surface area contributed by atoms with Crippen LogP contribution in [0.2, 0.25) is 0 Å².